The lowest BCUT2D eigenvalue weighted by Gasteiger charge is -2.12. The van der Waals surface area contributed by atoms with Gasteiger partial charge in [-0.2, -0.15) is 13.2 Å². The van der Waals surface area contributed by atoms with Crippen molar-refractivity contribution in [3.63, 3.8) is 0 Å². The average Bonchev–Trinajstić information content (AvgIpc) is 2.29. The lowest BCUT2D eigenvalue weighted by Crippen LogP contribution is -2.16. The van der Waals surface area contributed by atoms with E-state index in [4.69, 9.17) is 0 Å². The van der Waals surface area contributed by atoms with Crippen LogP contribution in [0.25, 0.3) is 13.2 Å². The Labute approximate surface area is 78.0 Å². The van der Waals surface area contributed by atoms with Gasteiger partial charge in [-0.25, -0.2) is 0 Å². The smallest absolute Gasteiger partial charge is 0.170 e. The normalized spacial score (nSPS) is 14.5. The topological polar surface area (TPSA) is 0 Å². The van der Waals surface area contributed by atoms with Crippen molar-refractivity contribution in [3.8, 4) is 0 Å². The van der Waals surface area contributed by atoms with E-state index in [0.29, 0.717) is 9.75 Å². The van der Waals surface area contributed by atoms with Gasteiger partial charge in [0.2, 0.25) is 0 Å². The Kier molecular flexibility index (Phi) is 2.52. The quantitative estimate of drug-likeness (QED) is 0.661. The molecule has 0 aliphatic rings. The lowest BCUT2D eigenvalue weighted by molar-refractivity contribution is -0.145. The van der Waals surface area contributed by atoms with Crippen LogP contribution in [0.3, 0.4) is 0 Å². The summed E-state index contributed by atoms with van der Waals surface area (Å²) < 4.78 is 37.3. The third-order valence-electron chi connectivity index (χ3n) is 1.83. The summed E-state index contributed by atoms with van der Waals surface area (Å²) in [6, 6.07) is 1.45. The highest BCUT2D eigenvalue weighted by molar-refractivity contribution is 7.09. The zero-order valence-corrected chi connectivity index (χ0v) is 7.93. The fourth-order valence-corrected chi connectivity index (χ4v) is 1.85. The molecule has 13 heavy (non-hydrogen) atoms. The average molecular weight is 206 g/mol. The van der Waals surface area contributed by atoms with Crippen molar-refractivity contribution in [2.45, 2.75) is 19.0 Å². The van der Waals surface area contributed by atoms with Gasteiger partial charge < -0.3 is 0 Å². The summed E-state index contributed by atoms with van der Waals surface area (Å²) in [7, 11) is 0. The first-order chi connectivity index (χ1) is 5.82. The summed E-state index contributed by atoms with van der Waals surface area (Å²) in [6.07, 6.45) is -4.18. The molecule has 0 bridgehead atoms. The van der Waals surface area contributed by atoms with Crippen LogP contribution in [0.2, 0.25) is 0 Å². The fraction of sp³-hybridized carbons (Fsp3) is 0.333. The molecule has 0 saturated heterocycles. The molecule has 1 rings (SSSR count). The molecular formula is C9H9F3S. The molecule has 72 valence electrons. The zero-order valence-electron chi connectivity index (χ0n) is 7.11. The van der Waals surface area contributed by atoms with Crippen LogP contribution >= 0.6 is 11.3 Å². The molecule has 0 amide bonds. The second-order valence-electron chi connectivity index (χ2n) is 2.86. The van der Waals surface area contributed by atoms with Gasteiger partial charge in [0.05, 0.1) is 5.92 Å². The Bertz CT molecular complexity index is 360. The third kappa shape index (κ3) is 2.12. The number of hydrogen-bond donors (Lipinski definition) is 0. The van der Waals surface area contributed by atoms with E-state index in [9.17, 15) is 13.2 Å². The predicted molar refractivity (Wildman–Crippen MR) is 49.1 cm³/mol. The van der Waals surface area contributed by atoms with Gasteiger partial charge >= 0.3 is 6.18 Å². The first-order valence-corrected chi connectivity index (χ1v) is 4.48. The molecule has 1 atom stereocenters. The Morgan fingerprint density at radius 1 is 1.38 bits per heavy atom. The number of thiophene rings is 1. The number of rotatable bonds is 1. The van der Waals surface area contributed by atoms with Crippen LogP contribution in [0, 0.1) is 0 Å². The standard InChI is InChI=1S/C9H9F3S/c1-5-4-8(13-7(5)3)6(2)9(10,11)12/h4,6H,1,3H2,2H3. The van der Waals surface area contributed by atoms with E-state index in [-0.39, 0.29) is 4.88 Å². The molecule has 0 N–H and O–H groups in total. The van der Waals surface area contributed by atoms with Gasteiger partial charge in [-0.3, -0.25) is 0 Å². The van der Waals surface area contributed by atoms with Gasteiger partial charge in [-0.05, 0) is 18.2 Å². The molecule has 1 unspecified atom stereocenters. The molecule has 0 aliphatic carbocycles. The van der Waals surface area contributed by atoms with E-state index in [2.05, 4.69) is 13.2 Å². The van der Waals surface area contributed by atoms with Gasteiger partial charge in [-0.1, -0.05) is 13.2 Å². The summed E-state index contributed by atoms with van der Waals surface area (Å²) in [5, 5.41) is 0.580. The number of halogens is 3. The molecule has 0 nitrogen and oxygen atoms in total. The number of hydrogen-bond acceptors (Lipinski definition) is 1. The highest BCUT2D eigenvalue weighted by atomic mass is 32.1. The zero-order chi connectivity index (χ0) is 10.2. The molecule has 0 radical (unpaired) electrons. The molecule has 4 heteroatoms. The van der Waals surface area contributed by atoms with Gasteiger partial charge in [0.1, 0.15) is 0 Å². The SMILES string of the molecule is C=c1cc(C(C)C(F)(F)F)sc1=C. The molecule has 1 aromatic rings. The van der Waals surface area contributed by atoms with Crippen molar-refractivity contribution in [2.75, 3.05) is 0 Å². The minimum Gasteiger partial charge on any atom is -0.170 e. The maximum Gasteiger partial charge on any atom is 0.396 e. The largest absolute Gasteiger partial charge is 0.396 e. The summed E-state index contributed by atoms with van der Waals surface area (Å²) in [6.45, 7) is 8.32. The monoisotopic (exact) mass is 206 g/mol. The van der Waals surface area contributed by atoms with Crippen LogP contribution < -0.4 is 9.75 Å². The van der Waals surface area contributed by atoms with Crippen molar-refractivity contribution in [1.82, 2.24) is 0 Å². The molecule has 0 aromatic carbocycles. The minimum absolute atomic E-state index is 0.280. The van der Waals surface area contributed by atoms with E-state index in [1.165, 1.54) is 6.07 Å². The van der Waals surface area contributed by atoms with Crippen LogP contribution in [0.4, 0.5) is 13.2 Å². The van der Waals surface area contributed by atoms with E-state index >= 15 is 0 Å². The van der Waals surface area contributed by atoms with Gasteiger partial charge in [-0.15, -0.1) is 11.3 Å². The highest BCUT2D eigenvalue weighted by Gasteiger charge is 2.37. The first kappa shape index (κ1) is 10.3. The van der Waals surface area contributed by atoms with Crippen molar-refractivity contribution < 1.29 is 13.2 Å². The van der Waals surface area contributed by atoms with Crippen molar-refractivity contribution >= 4 is 24.5 Å². The molecular weight excluding hydrogens is 197 g/mol. The fourth-order valence-electron chi connectivity index (χ4n) is 0.864. The lowest BCUT2D eigenvalue weighted by atomic mass is 10.1. The van der Waals surface area contributed by atoms with Gasteiger partial charge in [0.15, 0.2) is 0 Å². The van der Waals surface area contributed by atoms with E-state index < -0.39 is 12.1 Å². The van der Waals surface area contributed by atoms with Gasteiger partial charge in [0, 0.05) is 9.41 Å². The Morgan fingerprint density at radius 2 is 1.92 bits per heavy atom. The Morgan fingerprint density at radius 3 is 2.23 bits per heavy atom. The Hall–Kier alpha value is -0.770. The maximum absolute atomic E-state index is 12.2. The Balaban J connectivity index is 3.10. The van der Waals surface area contributed by atoms with Crippen LogP contribution in [0.5, 0.6) is 0 Å². The van der Waals surface area contributed by atoms with Crippen molar-refractivity contribution in [3.05, 3.63) is 20.7 Å². The van der Waals surface area contributed by atoms with Crippen LogP contribution in [0.1, 0.15) is 17.7 Å². The van der Waals surface area contributed by atoms with Crippen LogP contribution in [0.15, 0.2) is 6.07 Å². The van der Waals surface area contributed by atoms with Crippen LogP contribution in [-0.4, -0.2) is 6.18 Å². The molecule has 0 saturated carbocycles. The second kappa shape index (κ2) is 3.18. The molecule has 0 fully saturated rings. The summed E-state index contributed by atoms with van der Waals surface area (Å²) in [5.74, 6) is -1.42. The molecule has 0 aliphatic heterocycles. The molecule has 0 spiro atoms. The molecule has 1 heterocycles. The van der Waals surface area contributed by atoms with E-state index in [1.807, 2.05) is 0 Å². The summed E-state index contributed by atoms with van der Waals surface area (Å²) in [4.78, 5) is 0.280. The minimum atomic E-state index is -4.18. The predicted octanol–water partition coefficient (Wildman–Crippen LogP) is 2.23. The highest BCUT2D eigenvalue weighted by Crippen LogP contribution is 2.34. The third-order valence-corrected chi connectivity index (χ3v) is 3.05. The van der Waals surface area contributed by atoms with Crippen molar-refractivity contribution in [2.24, 2.45) is 0 Å². The summed E-state index contributed by atoms with van der Waals surface area (Å²) >= 11 is 1.06. The summed E-state index contributed by atoms with van der Waals surface area (Å²) in [5.41, 5.74) is 0. The van der Waals surface area contributed by atoms with Crippen LogP contribution in [-0.2, 0) is 0 Å². The maximum atomic E-state index is 12.2. The second-order valence-corrected chi connectivity index (χ2v) is 4.03. The van der Waals surface area contributed by atoms with E-state index in [1.54, 1.807) is 0 Å². The number of alkyl halides is 3. The first-order valence-electron chi connectivity index (χ1n) is 3.66. The van der Waals surface area contributed by atoms with E-state index in [0.717, 1.165) is 18.3 Å². The van der Waals surface area contributed by atoms with Gasteiger partial charge in [0.25, 0.3) is 0 Å². The van der Waals surface area contributed by atoms with Crippen molar-refractivity contribution in [1.29, 1.82) is 0 Å². The molecule has 1 aromatic heterocycles.